The van der Waals surface area contributed by atoms with Crippen LogP contribution in [0.25, 0.3) is 0 Å². The predicted octanol–water partition coefficient (Wildman–Crippen LogP) is 2.68. The average Bonchev–Trinajstić information content (AvgIpc) is 2.47. The molecule has 0 saturated carbocycles. The van der Waals surface area contributed by atoms with Gasteiger partial charge in [-0.15, -0.1) is 0 Å². The summed E-state index contributed by atoms with van der Waals surface area (Å²) in [4.78, 5) is 12.2. The Hall–Kier alpha value is -1.82. The quantitative estimate of drug-likeness (QED) is 0.791. The van der Waals surface area contributed by atoms with Crippen molar-refractivity contribution in [2.75, 3.05) is 17.5 Å². The molecule has 0 aliphatic heterocycles. The number of rotatable bonds is 6. The predicted molar refractivity (Wildman–Crippen MR) is 88.4 cm³/mol. The van der Waals surface area contributed by atoms with E-state index in [1.54, 1.807) is 24.3 Å². The molecule has 5 nitrogen and oxygen atoms in total. The molecule has 120 valence electrons. The first kappa shape index (κ1) is 16.5. The Labute approximate surface area is 131 Å². The molecule has 0 radical (unpaired) electrons. The second-order valence-electron chi connectivity index (χ2n) is 5.53. The molecule has 0 saturated heterocycles. The monoisotopic (exact) mass is 322 g/mol. The summed E-state index contributed by atoms with van der Waals surface area (Å²) in [7, 11) is -3.41. The van der Waals surface area contributed by atoms with Crippen LogP contribution in [0.5, 0.6) is 0 Å². The number of benzene rings is 1. The van der Waals surface area contributed by atoms with Crippen molar-refractivity contribution in [1.29, 1.82) is 0 Å². The minimum Gasteiger partial charge on any atom is -0.352 e. The molecule has 0 aromatic heterocycles. The zero-order valence-electron chi connectivity index (χ0n) is 12.8. The second-order valence-corrected chi connectivity index (χ2v) is 7.28. The normalized spacial score (nSPS) is 15.0. The highest BCUT2D eigenvalue weighted by Gasteiger charge is 2.13. The van der Waals surface area contributed by atoms with Crippen LogP contribution < -0.4 is 10.0 Å². The van der Waals surface area contributed by atoms with E-state index in [1.807, 2.05) is 0 Å². The van der Waals surface area contributed by atoms with Crippen LogP contribution in [-0.4, -0.2) is 27.1 Å². The molecule has 1 amide bonds. The number of allylic oxidation sites excluding steroid dienone is 1. The molecule has 1 aromatic carbocycles. The average molecular weight is 322 g/mol. The summed E-state index contributed by atoms with van der Waals surface area (Å²) < 4.78 is 25.1. The lowest BCUT2D eigenvalue weighted by Crippen LogP contribution is -2.26. The third-order valence-corrected chi connectivity index (χ3v) is 4.17. The van der Waals surface area contributed by atoms with Crippen molar-refractivity contribution in [3.8, 4) is 0 Å². The molecule has 1 aromatic rings. The van der Waals surface area contributed by atoms with Gasteiger partial charge in [-0.1, -0.05) is 23.8 Å². The van der Waals surface area contributed by atoms with Crippen LogP contribution in [0, 0.1) is 0 Å². The van der Waals surface area contributed by atoms with E-state index in [-0.39, 0.29) is 5.91 Å². The number of para-hydroxylation sites is 1. The Morgan fingerprint density at radius 3 is 2.68 bits per heavy atom. The molecule has 1 aliphatic rings. The highest BCUT2D eigenvalue weighted by atomic mass is 32.2. The van der Waals surface area contributed by atoms with Gasteiger partial charge in [-0.2, -0.15) is 0 Å². The van der Waals surface area contributed by atoms with E-state index in [9.17, 15) is 13.2 Å². The van der Waals surface area contributed by atoms with E-state index >= 15 is 0 Å². The molecule has 22 heavy (non-hydrogen) atoms. The van der Waals surface area contributed by atoms with Gasteiger partial charge in [0.05, 0.1) is 17.5 Å². The second kappa shape index (κ2) is 7.45. The molecular formula is C16H22N2O3S. The summed E-state index contributed by atoms with van der Waals surface area (Å²) in [5.74, 6) is -0.261. The number of sulfonamides is 1. The maximum Gasteiger partial charge on any atom is 0.253 e. The van der Waals surface area contributed by atoms with Crippen LogP contribution in [0.1, 0.15) is 42.5 Å². The minimum atomic E-state index is -3.41. The van der Waals surface area contributed by atoms with Crippen molar-refractivity contribution in [2.45, 2.75) is 32.1 Å². The van der Waals surface area contributed by atoms with Crippen molar-refractivity contribution < 1.29 is 13.2 Å². The summed E-state index contributed by atoms with van der Waals surface area (Å²) in [5.41, 5.74) is 2.04. The molecular weight excluding hydrogens is 300 g/mol. The molecule has 2 N–H and O–H groups in total. The Balaban J connectivity index is 1.96. The SMILES string of the molecule is CS(=O)(=O)Nc1ccccc1C(=O)NCCC1=CCCCC1. The lowest BCUT2D eigenvalue weighted by atomic mass is 9.97. The maximum absolute atomic E-state index is 12.2. The van der Waals surface area contributed by atoms with Crippen molar-refractivity contribution in [3.05, 3.63) is 41.5 Å². The van der Waals surface area contributed by atoms with Gasteiger partial charge in [-0.3, -0.25) is 9.52 Å². The maximum atomic E-state index is 12.2. The summed E-state index contributed by atoms with van der Waals surface area (Å²) >= 11 is 0. The van der Waals surface area contributed by atoms with Crippen LogP contribution in [0.3, 0.4) is 0 Å². The molecule has 6 heteroatoms. The molecule has 0 bridgehead atoms. The topological polar surface area (TPSA) is 75.3 Å². The zero-order valence-corrected chi connectivity index (χ0v) is 13.6. The van der Waals surface area contributed by atoms with Crippen LogP contribution >= 0.6 is 0 Å². The summed E-state index contributed by atoms with van der Waals surface area (Å²) in [6.45, 7) is 0.567. The molecule has 0 unspecified atom stereocenters. The van der Waals surface area contributed by atoms with Crippen LogP contribution in [0.15, 0.2) is 35.9 Å². The Kier molecular flexibility index (Phi) is 5.60. The van der Waals surface area contributed by atoms with Crippen molar-refractivity contribution in [2.24, 2.45) is 0 Å². The van der Waals surface area contributed by atoms with Gasteiger partial charge in [0.1, 0.15) is 0 Å². The fraction of sp³-hybridized carbons (Fsp3) is 0.438. The van der Waals surface area contributed by atoms with Crippen LogP contribution in [-0.2, 0) is 10.0 Å². The lowest BCUT2D eigenvalue weighted by Gasteiger charge is -2.14. The van der Waals surface area contributed by atoms with Gasteiger partial charge in [0.2, 0.25) is 10.0 Å². The Morgan fingerprint density at radius 1 is 1.23 bits per heavy atom. The number of nitrogens with one attached hydrogen (secondary N) is 2. The van der Waals surface area contributed by atoms with Gasteiger partial charge in [-0.05, 0) is 44.2 Å². The fourth-order valence-corrected chi connectivity index (χ4v) is 3.11. The zero-order chi connectivity index (χ0) is 16.0. The first-order chi connectivity index (χ1) is 10.5. The van der Waals surface area contributed by atoms with Crippen molar-refractivity contribution in [3.63, 3.8) is 0 Å². The number of carbonyl (C=O) groups excluding carboxylic acids is 1. The number of hydrogen-bond donors (Lipinski definition) is 2. The minimum absolute atomic E-state index is 0.261. The van der Waals surface area contributed by atoms with Gasteiger partial charge < -0.3 is 5.32 Å². The smallest absolute Gasteiger partial charge is 0.253 e. The Bertz CT molecular complexity index is 666. The molecule has 1 aliphatic carbocycles. The number of anilines is 1. The molecule has 0 atom stereocenters. The highest BCUT2D eigenvalue weighted by Crippen LogP contribution is 2.20. The number of amides is 1. The first-order valence-electron chi connectivity index (χ1n) is 7.48. The third kappa shape index (κ3) is 5.18. The van der Waals surface area contributed by atoms with E-state index in [2.05, 4.69) is 16.1 Å². The summed E-state index contributed by atoms with van der Waals surface area (Å²) in [6.07, 6.45) is 8.90. The molecule has 0 heterocycles. The van der Waals surface area contributed by atoms with E-state index in [4.69, 9.17) is 0 Å². The molecule has 0 fully saturated rings. The number of carbonyl (C=O) groups is 1. The van der Waals surface area contributed by atoms with E-state index in [0.717, 1.165) is 25.5 Å². The van der Waals surface area contributed by atoms with Crippen LogP contribution in [0.4, 0.5) is 5.69 Å². The van der Waals surface area contributed by atoms with E-state index in [1.165, 1.54) is 18.4 Å². The molecule has 0 spiro atoms. The van der Waals surface area contributed by atoms with Crippen molar-refractivity contribution >= 4 is 21.6 Å². The van der Waals surface area contributed by atoms with Gasteiger partial charge >= 0.3 is 0 Å². The van der Waals surface area contributed by atoms with Gasteiger partial charge in [-0.25, -0.2) is 8.42 Å². The summed E-state index contributed by atoms with van der Waals surface area (Å²) in [5, 5.41) is 2.86. The lowest BCUT2D eigenvalue weighted by molar-refractivity contribution is 0.0955. The largest absolute Gasteiger partial charge is 0.352 e. The standard InChI is InChI=1S/C16H22N2O3S/c1-22(20,21)18-15-10-6-5-9-14(15)16(19)17-12-11-13-7-3-2-4-8-13/h5-7,9-10,18H,2-4,8,11-12H2,1H3,(H,17,19). The third-order valence-electron chi connectivity index (χ3n) is 3.58. The first-order valence-corrected chi connectivity index (χ1v) is 9.38. The van der Waals surface area contributed by atoms with E-state index in [0.29, 0.717) is 17.8 Å². The Morgan fingerprint density at radius 2 is 2.00 bits per heavy atom. The summed E-state index contributed by atoms with van der Waals surface area (Å²) in [6, 6.07) is 6.60. The molecule has 2 rings (SSSR count). The van der Waals surface area contributed by atoms with Gasteiger partial charge in [0.25, 0.3) is 5.91 Å². The fourth-order valence-electron chi connectivity index (χ4n) is 2.53. The van der Waals surface area contributed by atoms with Crippen LogP contribution in [0.2, 0.25) is 0 Å². The van der Waals surface area contributed by atoms with E-state index < -0.39 is 10.0 Å². The van der Waals surface area contributed by atoms with Crippen molar-refractivity contribution in [1.82, 2.24) is 5.32 Å². The highest BCUT2D eigenvalue weighted by molar-refractivity contribution is 7.92. The van der Waals surface area contributed by atoms with Gasteiger partial charge in [0, 0.05) is 6.54 Å². The number of hydrogen-bond acceptors (Lipinski definition) is 3. The van der Waals surface area contributed by atoms with Gasteiger partial charge in [0.15, 0.2) is 0 Å².